The third-order valence-corrected chi connectivity index (χ3v) is 4.41. The van der Waals surface area contributed by atoms with Gasteiger partial charge in [0.05, 0.1) is 27.0 Å². The van der Waals surface area contributed by atoms with Crippen LogP contribution in [0.4, 0.5) is 18.9 Å². The third-order valence-electron chi connectivity index (χ3n) is 3.56. The summed E-state index contributed by atoms with van der Waals surface area (Å²) >= 11 is 1.22. The molecule has 0 aliphatic heterocycles. The van der Waals surface area contributed by atoms with E-state index < -0.39 is 12.3 Å². The number of rotatable bonds is 4. The normalized spacial score (nSPS) is 11.0. The monoisotopic (exact) mass is 389 g/mol. The first-order valence-corrected chi connectivity index (χ1v) is 8.30. The fourth-order valence-corrected chi connectivity index (χ4v) is 3.28. The van der Waals surface area contributed by atoms with E-state index >= 15 is 0 Å². The van der Waals surface area contributed by atoms with E-state index in [1.54, 1.807) is 11.6 Å². The van der Waals surface area contributed by atoms with Gasteiger partial charge in [-0.1, -0.05) is 18.7 Å². The molecule has 0 saturated carbocycles. The zero-order chi connectivity index (χ0) is 19.6. The standard InChI is InChI=1S/C18H10F3N3O2S/c1-2-15(25)24-14-7-12(16-17(13(14)8-22)27-9-23-16)10-3-5-11(6-4-10)26-18(19,20)21/h2-7,9H,1H2,(H,24,25). The van der Waals surface area contributed by atoms with Crippen LogP contribution in [0.1, 0.15) is 5.56 Å². The van der Waals surface area contributed by atoms with Gasteiger partial charge in [0.25, 0.3) is 0 Å². The van der Waals surface area contributed by atoms with E-state index in [2.05, 4.69) is 21.6 Å². The number of hydrogen-bond acceptors (Lipinski definition) is 5. The number of anilines is 1. The maximum Gasteiger partial charge on any atom is 0.573 e. The van der Waals surface area contributed by atoms with Gasteiger partial charge < -0.3 is 10.1 Å². The van der Waals surface area contributed by atoms with Gasteiger partial charge in [-0.25, -0.2) is 4.98 Å². The third kappa shape index (κ3) is 3.91. The average Bonchev–Trinajstić information content (AvgIpc) is 3.10. The topological polar surface area (TPSA) is 75.0 Å². The van der Waals surface area contributed by atoms with Crippen molar-refractivity contribution in [1.29, 1.82) is 5.26 Å². The van der Waals surface area contributed by atoms with Crippen molar-refractivity contribution in [2.45, 2.75) is 6.36 Å². The van der Waals surface area contributed by atoms with E-state index in [1.165, 1.54) is 35.6 Å². The minimum Gasteiger partial charge on any atom is -0.406 e. The van der Waals surface area contributed by atoms with Crippen LogP contribution < -0.4 is 10.1 Å². The van der Waals surface area contributed by atoms with E-state index in [-0.39, 0.29) is 17.0 Å². The van der Waals surface area contributed by atoms with Crippen molar-refractivity contribution in [3.05, 3.63) is 54.1 Å². The van der Waals surface area contributed by atoms with Gasteiger partial charge in [0.1, 0.15) is 11.8 Å². The first kappa shape index (κ1) is 18.4. The van der Waals surface area contributed by atoms with Crippen LogP contribution in [0, 0.1) is 11.3 Å². The van der Waals surface area contributed by atoms with Crippen molar-refractivity contribution in [2.24, 2.45) is 0 Å². The zero-order valence-corrected chi connectivity index (χ0v) is 14.3. The van der Waals surface area contributed by atoms with Gasteiger partial charge in [-0.3, -0.25) is 4.79 Å². The Hall–Kier alpha value is -3.38. The summed E-state index contributed by atoms with van der Waals surface area (Å²) in [5.74, 6) is -0.843. The number of amides is 1. The molecule has 0 aliphatic carbocycles. The van der Waals surface area contributed by atoms with Gasteiger partial charge in [-0.15, -0.1) is 24.5 Å². The number of alkyl halides is 3. The van der Waals surface area contributed by atoms with Crippen molar-refractivity contribution in [1.82, 2.24) is 4.98 Å². The van der Waals surface area contributed by atoms with E-state index in [0.29, 0.717) is 21.3 Å². The number of nitriles is 1. The molecule has 9 heteroatoms. The highest BCUT2D eigenvalue weighted by Gasteiger charge is 2.31. The number of carbonyl (C=O) groups excluding carboxylic acids is 1. The maximum atomic E-state index is 12.3. The van der Waals surface area contributed by atoms with E-state index in [0.717, 1.165) is 6.08 Å². The van der Waals surface area contributed by atoms with E-state index in [4.69, 9.17) is 0 Å². The van der Waals surface area contributed by atoms with Crippen LogP contribution in [0.15, 0.2) is 48.5 Å². The van der Waals surface area contributed by atoms with Gasteiger partial charge in [0, 0.05) is 5.56 Å². The molecule has 0 fully saturated rings. The molecule has 0 saturated heterocycles. The van der Waals surface area contributed by atoms with Crippen LogP contribution in [0.5, 0.6) is 5.75 Å². The summed E-state index contributed by atoms with van der Waals surface area (Å²) < 4.78 is 41.4. The molecule has 3 rings (SSSR count). The summed E-state index contributed by atoms with van der Waals surface area (Å²) in [6, 6.07) is 8.85. The fourth-order valence-electron chi connectivity index (χ4n) is 2.47. The Morgan fingerprint density at radius 2 is 2.04 bits per heavy atom. The van der Waals surface area contributed by atoms with Gasteiger partial charge in [-0.05, 0) is 29.8 Å². The largest absolute Gasteiger partial charge is 0.573 e. The van der Waals surface area contributed by atoms with Crippen molar-refractivity contribution in [3.63, 3.8) is 0 Å². The number of nitrogens with zero attached hydrogens (tertiary/aromatic N) is 2. The van der Waals surface area contributed by atoms with Gasteiger partial charge in [0.15, 0.2) is 0 Å². The lowest BCUT2D eigenvalue weighted by Crippen LogP contribution is -2.16. The summed E-state index contributed by atoms with van der Waals surface area (Å²) in [6.07, 6.45) is -3.71. The van der Waals surface area contributed by atoms with Crippen molar-refractivity contribution in [2.75, 3.05) is 5.32 Å². The maximum absolute atomic E-state index is 12.3. The second kappa shape index (κ2) is 7.09. The van der Waals surface area contributed by atoms with Crippen molar-refractivity contribution < 1.29 is 22.7 Å². The highest BCUT2D eigenvalue weighted by atomic mass is 32.1. The molecule has 0 spiro atoms. The summed E-state index contributed by atoms with van der Waals surface area (Å²) in [5, 5.41) is 12.0. The number of fused-ring (bicyclic) bond motifs is 1. The Kier molecular flexibility index (Phi) is 4.83. The van der Waals surface area contributed by atoms with E-state index in [1.807, 2.05) is 6.07 Å². The van der Waals surface area contributed by atoms with Crippen LogP contribution in [0.2, 0.25) is 0 Å². The number of nitrogens with one attached hydrogen (secondary N) is 1. The molecule has 0 aliphatic rings. The minimum absolute atomic E-state index is 0.253. The van der Waals surface area contributed by atoms with Crippen LogP contribution in [-0.2, 0) is 4.79 Å². The highest BCUT2D eigenvalue weighted by molar-refractivity contribution is 7.17. The lowest BCUT2D eigenvalue weighted by Gasteiger charge is -2.12. The Bertz CT molecular complexity index is 1070. The molecule has 0 unspecified atom stereocenters. The van der Waals surface area contributed by atoms with Gasteiger partial charge in [0.2, 0.25) is 5.91 Å². The molecule has 0 bridgehead atoms. The van der Waals surface area contributed by atoms with Gasteiger partial charge >= 0.3 is 6.36 Å². The number of thiazole rings is 1. The van der Waals surface area contributed by atoms with Crippen LogP contribution >= 0.6 is 11.3 Å². The molecular weight excluding hydrogens is 379 g/mol. The second-order valence-corrected chi connectivity index (χ2v) is 6.11. The Labute approximate surface area is 155 Å². The molecule has 1 heterocycles. The predicted octanol–water partition coefficient (Wildman–Crippen LogP) is 4.86. The number of hydrogen-bond donors (Lipinski definition) is 1. The SMILES string of the molecule is C=CC(=O)Nc1cc(-c2ccc(OC(F)(F)F)cc2)c2ncsc2c1C#N. The molecule has 136 valence electrons. The molecule has 1 N–H and O–H groups in total. The highest BCUT2D eigenvalue weighted by Crippen LogP contribution is 2.37. The lowest BCUT2D eigenvalue weighted by molar-refractivity contribution is -0.274. The Morgan fingerprint density at radius 3 is 2.63 bits per heavy atom. The second-order valence-electron chi connectivity index (χ2n) is 5.25. The molecule has 1 amide bonds. The molecule has 2 aromatic carbocycles. The molecule has 27 heavy (non-hydrogen) atoms. The minimum atomic E-state index is -4.78. The summed E-state index contributed by atoms with van der Waals surface area (Å²) in [5.41, 5.74) is 3.70. The quantitative estimate of drug-likeness (QED) is 0.647. The summed E-state index contributed by atoms with van der Waals surface area (Å²) in [6.45, 7) is 3.37. The number of halogens is 3. The molecular formula is C18H10F3N3O2S. The van der Waals surface area contributed by atoms with Gasteiger partial charge in [-0.2, -0.15) is 5.26 Å². The summed E-state index contributed by atoms with van der Waals surface area (Å²) in [7, 11) is 0. The number of ether oxygens (including phenoxy) is 1. The first-order chi connectivity index (χ1) is 12.8. The molecule has 0 atom stereocenters. The Morgan fingerprint density at radius 1 is 1.33 bits per heavy atom. The zero-order valence-electron chi connectivity index (χ0n) is 13.5. The number of aromatic nitrogens is 1. The summed E-state index contributed by atoms with van der Waals surface area (Å²) in [4.78, 5) is 15.9. The molecule has 5 nitrogen and oxygen atoms in total. The average molecular weight is 389 g/mol. The fraction of sp³-hybridized carbons (Fsp3) is 0.0556. The lowest BCUT2D eigenvalue weighted by atomic mass is 10.0. The predicted molar refractivity (Wildman–Crippen MR) is 95.3 cm³/mol. The van der Waals surface area contributed by atoms with Crippen LogP contribution in [0.3, 0.4) is 0 Å². The molecule has 1 aromatic heterocycles. The van der Waals surface area contributed by atoms with Crippen LogP contribution in [-0.4, -0.2) is 17.3 Å². The van der Waals surface area contributed by atoms with Crippen molar-refractivity contribution in [3.8, 4) is 22.9 Å². The molecule has 0 radical (unpaired) electrons. The number of benzene rings is 2. The van der Waals surface area contributed by atoms with Crippen LogP contribution in [0.25, 0.3) is 21.3 Å². The smallest absolute Gasteiger partial charge is 0.406 e. The van der Waals surface area contributed by atoms with Crippen molar-refractivity contribution >= 4 is 33.1 Å². The first-order valence-electron chi connectivity index (χ1n) is 7.42. The van der Waals surface area contributed by atoms with E-state index in [9.17, 15) is 23.2 Å². The number of carbonyl (C=O) groups is 1. The molecule has 3 aromatic rings. The Balaban J connectivity index is 2.11.